The van der Waals surface area contributed by atoms with Gasteiger partial charge in [0.2, 0.25) is 0 Å². The Morgan fingerprint density at radius 3 is 2.15 bits per heavy atom. The lowest BCUT2D eigenvalue weighted by molar-refractivity contribution is -0.137. The van der Waals surface area contributed by atoms with Crippen LogP contribution in [-0.2, 0) is 9.53 Å². The van der Waals surface area contributed by atoms with Crippen LogP contribution in [0.25, 0.3) is 0 Å². The third-order valence-corrected chi connectivity index (χ3v) is 4.99. The summed E-state index contributed by atoms with van der Waals surface area (Å²) in [5, 5.41) is 0. The van der Waals surface area contributed by atoms with Crippen molar-refractivity contribution in [2.45, 2.75) is 52.0 Å². The van der Waals surface area contributed by atoms with E-state index in [1.54, 1.807) is 12.1 Å². The van der Waals surface area contributed by atoms with Crippen LogP contribution in [0.2, 0.25) is 0 Å². The molecule has 0 heterocycles. The molecule has 0 unspecified atom stereocenters. The molecule has 0 radical (unpaired) electrons. The first kappa shape index (κ1) is 20.1. The summed E-state index contributed by atoms with van der Waals surface area (Å²) in [6.45, 7) is 4.19. The summed E-state index contributed by atoms with van der Waals surface area (Å²) in [6.07, 6.45) is 5.59. The van der Waals surface area contributed by atoms with E-state index in [1.807, 2.05) is 18.7 Å². The number of amides is 1. The smallest absolute Gasteiger partial charge is 0.338 e. The van der Waals surface area contributed by atoms with E-state index in [0.29, 0.717) is 23.6 Å². The van der Waals surface area contributed by atoms with Gasteiger partial charge in [-0.2, -0.15) is 0 Å². The maximum absolute atomic E-state index is 12.5. The summed E-state index contributed by atoms with van der Waals surface area (Å²) < 4.78 is 15.8. The Kier molecular flexibility index (Phi) is 7.30. The standard InChI is InChI=1S/C20H29NO5/c1-5-21(16-9-7-6-8-10-16)19(22)13-26-20(23)15-11-17(24-3)14(2)18(12-15)25-4/h11-12,16H,5-10,13H2,1-4H3. The van der Waals surface area contributed by atoms with Gasteiger partial charge in [-0.05, 0) is 38.8 Å². The van der Waals surface area contributed by atoms with E-state index in [4.69, 9.17) is 14.2 Å². The minimum atomic E-state index is -0.561. The summed E-state index contributed by atoms with van der Waals surface area (Å²) in [7, 11) is 3.06. The summed E-state index contributed by atoms with van der Waals surface area (Å²) in [5.41, 5.74) is 1.11. The summed E-state index contributed by atoms with van der Waals surface area (Å²) >= 11 is 0. The fraction of sp³-hybridized carbons (Fsp3) is 0.600. The zero-order chi connectivity index (χ0) is 19.1. The highest BCUT2D eigenvalue weighted by Gasteiger charge is 2.25. The van der Waals surface area contributed by atoms with Gasteiger partial charge in [-0.15, -0.1) is 0 Å². The van der Waals surface area contributed by atoms with Crippen LogP contribution in [0.3, 0.4) is 0 Å². The van der Waals surface area contributed by atoms with Crippen molar-refractivity contribution in [2.24, 2.45) is 0 Å². The molecule has 1 amide bonds. The Hall–Kier alpha value is -2.24. The zero-order valence-electron chi connectivity index (χ0n) is 16.2. The molecule has 0 aliphatic heterocycles. The van der Waals surface area contributed by atoms with Crippen molar-refractivity contribution in [1.29, 1.82) is 0 Å². The van der Waals surface area contributed by atoms with E-state index in [-0.39, 0.29) is 18.6 Å². The molecule has 26 heavy (non-hydrogen) atoms. The number of likely N-dealkylation sites (N-methyl/N-ethyl adjacent to an activating group) is 1. The van der Waals surface area contributed by atoms with Gasteiger partial charge in [0.25, 0.3) is 5.91 Å². The lowest BCUT2D eigenvalue weighted by Gasteiger charge is -2.33. The number of esters is 1. The topological polar surface area (TPSA) is 65.1 Å². The van der Waals surface area contributed by atoms with Gasteiger partial charge < -0.3 is 19.1 Å². The molecule has 0 spiro atoms. The SMILES string of the molecule is CCN(C(=O)COC(=O)c1cc(OC)c(C)c(OC)c1)C1CCCCC1. The van der Waals surface area contributed by atoms with Crippen molar-refractivity contribution in [1.82, 2.24) is 4.90 Å². The Labute approximate surface area is 155 Å². The molecule has 1 aliphatic carbocycles. The Morgan fingerprint density at radius 2 is 1.65 bits per heavy atom. The van der Waals surface area contributed by atoms with Gasteiger partial charge >= 0.3 is 5.97 Å². The lowest BCUT2D eigenvalue weighted by Crippen LogP contribution is -2.43. The van der Waals surface area contributed by atoms with Crippen molar-refractivity contribution in [2.75, 3.05) is 27.4 Å². The van der Waals surface area contributed by atoms with E-state index >= 15 is 0 Å². The molecule has 0 saturated heterocycles. The van der Waals surface area contributed by atoms with Gasteiger partial charge in [0.1, 0.15) is 11.5 Å². The molecule has 0 N–H and O–H groups in total. The monoisotopic (exact) mass is 363 g/mol. The number of carbonyl (C=O) groups excluding carboxylic acids is 2. The van der Waals surface area contributed by atoms with Crippen LogP contribution in [0.4, 0.5) is 0 Å². The average Bonchev–Trinajstić information content (AvgIpc) is 2.67. The molecule has 1 aromatic rings. The third kappa shape index (κ3) is 4.68. The van der Waals surface area contributed by atoms with Gasteiger partial charge in [-0.25, -0.2) is 4.79 Å². The van der Waals surface area contributed by atoms with Crippen molar-refractivity contribution >= 4 is 11.9 Å². The second-order valence-electron chi connectivity index (χ2n) is 6.55. The zero-order valence-corrected chi connectivity index (χ0v) is 16.2. The average molecular weight is 363 g/mol. The second kappa shape index (κ2) is 9.46. The molecule has 6 heteroatoms. The van der Waals surface area contributed by atoms with Gasteiger partial charge in [0.15, 0.2) is 6.61 Å². The summed E-state index contributed by atoms with van der Waals surface area (Å²) in [6, 6.07) is 3.46. The summed E-state index contributed by atoms with van der Waals surface area (Å²) in [4.78, 5) is 26.7. The minimum absolute atomic E-state index is 0.140. The molecule has 0 aromatic heterocycles. The van der Waals surface area contributed by atoms with Crippen molar-refractivity contribution < 1.29 is 23.8 Å². The van der Waals surface area contributed by atoms with Crippen LogP contribution in [0.5, 0.6) is 11.5 Å². The molecule has 144 valence electrons. The van der Waals surface area contributed by atoms with Crippen LogP contribution in [0.1, 0.15) is 54.9 Å². The van der Waals surface area contributed by atoms with Crippen molar-refractivity contribution in [3.8, 4) is 11.5 Å². The van der Waals surface area contributed by atoms with Gasteiger partial charge in [0, 0.05) is 18.2 Å². The predicted octanol–water partition coefficient (Wildman–Crippen LogP) is 3.35. The molecule has 1 saturated carbocycles. The van der Waals surface area contributed by atoms with E-state index < -0.39 is 5.97 Å². The highest BCUT2D eigenvalue weighted by Crippen LogP contribution is 2.29. The van der Waals surface area contributed by atoms with E-state index in [9.17, 15) is 9.59 Å². The van der Waals surface area contributed by atoms with Gasteiger partial charge in [-0.1, -0.05) is 19.3 Å². The Balaban J connectivity index is 2.02. The van der Waals surface area contributed by atoms with Gasteiger partial charge in [0.05, 0.1) is 19.8 Å². The van der Waals surface area contributed by atoms with Crippen LogP contribution >= 0.6 is 0 Å². The quantitative estimate of drug-likeness (QED) is 0.695. The Morgan fingerprint density at radius 1 is 1.08 bits per heavy atom. The molecule has 2 rings (SSSR count). The number of hydrogen-bond acceptors (Lipinski definition) is 5. The third-order valence-electron chi connectivity index (χ3n) is 4.99. The highest BCUT2D eigenvalue weighted by atomic mass is 16.5. The maximum Gasteiger partial charge on any atom is 0.338 e. The molecule has 6 nitrogen and oxygen atoms in total. The van der Waals surface area contributed by atoms with Gasteiger partial charge in [-0.3, -0.25) is 4.79 Å². The molecular weight excluding hydrogens is 334 g/mol. The number of rotatable bonds is 7. The largest absolute Gasteiger partial charge is 0.496 e. The molecule has 1 aliphatic rings. The fourth-order valence-corrected chi connectivity index (χ4v) is 3.53. The Bertz CT molecular complexity index is 612. The van der Waals surface area contributed by atoms with E-state index in [0.717, 1.165) is 31.2 Å². The number of hydrogen-bond donors (Lipinski definition) is 0. The molecule has 0 atom stereocenters. The lowest BCUT2D eigenvalue weighted by atomic mass is 9.94. The molecule has 1 aromatic carbocycles. The molecular formula is C20H29NO5. The van der Waals surface area contributed by atoms with E-state index in [2.05, 4.69) is 0 Å². The fourth-order valence-electron chi connectivity index (χ4n) is 3.53. The number of carbonyl (C=O) groups is 2. The maximum atomic E-state index is 12.5. The second-order valence-corrected chi connectivity index (χ2v) is 6.55. The van der Waals surface area contributed by atoms with Crippen LogP contribution in [-0.4, -0.2) is 50.2 Å². The minimum Gasteiger partial charge on any atom is -0.496 e. The number of methoxy groups -OCH3 is 2. The summed E-state index contributed by atoms with van der Waals surface area (Å²) in [5.74, 6) is 0.383. The first-order valence-electron chi connectivity index (χ1n) is 9.21. The number of ether oxygens (including phenoxy) is 3. The number of benzene rings is 1. The van der Waals surface area contributed by atoms with E-state index in [1.165, 1.54) is 20.6 Å². The predicted molar refractivity (Wildman–Crippen MR) is 98.8 cm³/mol. The van der Waals surface area contributed by atoms with Crippen LogP contribution in [0, 0.1) is 6.92 Å². The van der Waals surface area contributed by atoms with Crippen LogP contribution < -0.4 is 9.47 Å². The first-order valence-corrected chi connectivity index (χ1v) is 9.21. The normalized spacial score (nSPS) is 14.6. The highest BCUT2D eigenvalue weighted by molar-refractivity contribution is 5.92. The molecule has 1 fully saturated rings. The molecule has 0 bridgehead atoms. The number of nitrogens with zero attached hydrogens (tertiary/aromatic N) is 1. The van der Waals surface area contributed by atoms with Crippen molar-refractivity contribution in [3.05, 3.63) is 23.3 Å². The van der Waals surface area contributed by atoms with Crippen LogP contribution in [0.15, 0.2) is 12.1 Å². The van der Waals surface area contributed by atoms with Crippen molar-refractivity contribution in [3.63, 3.8) is 0 Å². The first-order chi connectivity index (χ1) is 12.5.